The van der Waals surface area contributed by atoms with E-state index in [1.54, 1.807) is 6.92 Å². The molecular weight excluding hydrogens is 654 g/mol. The van der Waals surface area contributed by atoms with Gasteiger partial charge in [-0.15, -0.1) is 0 Å². The van der Waals surface area contributed by atoms with Crippen molar-refractivity contribution in [2.24, 2.45) is 38.6 Å². The number of carbonyl (C=O) groups is 2. The zero-order chi connectivity index (χ0) is 37.3. The molecule has 8 bridgehead atoms. The van der Waals surface area contributed by atoms with E-state index in [0.717, 1.165) is 78.0 Å². The van der Waals surface area contributed by atoms with Gasteiger partial charge in [0.25, 0.3) is 0 Å². The van der Waals surface area contributed by atoms with Crippen molar-refractivity contribution in [1.29, 1.82) is 0 Å². The highest BCUT2D eigenvalue weighted by molar-refractivity contribution is 6.29. The molecule has 2 N–H and O–H groups in total. The lowest BCUT2D eigenvalue weighted by Crippen LogP contribution is -2.43. The van der Waals surface area contributed by atoms with Crippen molar-refractivity contribution < 1.29 is 18.7 Å². The normalized spacial score (nSPS) is 23.2. The van der Waals surface area contributed by atoms with Crippen LogP contribution in [0, 0.1) is 23.7 Å². The predicted molar refractivity (Wildman–Crippen MR) is 206 cm³/mol. The van der Waals surface area contributed by atoms with E-state index in [9.17, 15) is 14.4 Å². The fraction of sp³-hybridized carbons (Fsp3) is 0.524. The molecule has 0 radical (unpaired) electrons. The molecule has 4 atom stereocenters. The largest absolute Gasteiger partial charge is 0.466 e. The summed E-state index contributed by atoms with van der Waals surface area (Å²) in [6, 6.07) is 0. The number of ether oxygens (including phenoxy) is 1. The van der Waals surface area contributed by atoms with Crippen LogP contribution in [0.5, 0.6) is 0 Å². The Kier molecular flexibility index (Phi) is 11.1. The van der Waals surface area contributed by atoms with Crippen molar-refractivity contribution in [2.75, 3.05) is 18.5 Å². The molecule has 6 rings (SSSR count). The first-order chi connectivity index (χ1) is 25.0. The average molecular weight is 708 g/mol. The Hall–Kier alpha value is -4.60. The lowest BCUT2D eigenvalue weighted by atomic mass is 9.85. The van der Waals surface area contributed by atoms with Crippen LogP contribution in [0.1, 0.15) is 112 Å². The molecular formula is C42H53N5O5. The number of nitrogens with one attached hydrogen (secondary N) is 2. The van der Waals surface area contributed by atoms with Gasteiger partial charge >= 0.3 is 11.6 Å². The van der Waals surface area contributed by atoms with Crippen LogP contribution in [-0.4, -0.2) is 36.3 Å². The van der Waals surface area contributed by atoms with Crippen LogP contribution in [0.3, 0.4) is 0 Å². The summed E-state index contributed by atoms with van der Waals surface area (Å²) < 4.78 is 11.6. The van der Waals surface area contributed by atoms with E-state index >= 15 is 0 Å². The SMILES string of the molecule is CCCCCCNc1oc(=O)c2c3c1C(C)=C(C=C1NC(=CC4=NC(=CC5=NC=2[C@@H](CCC(=O)OCCC)[C@@H]5C)C(C)=C4C(C)=O)[C@H](C)[C@H]1CC)N=3. The smallest absolute Gasteiger partial charge is 0.348 e. The average Bonchev–Trinajstić information content (AvgIpc) is 3.79. The third-order valence-corrected chi connectivity index (χ3v) is 11.2. The highest BCUT2D eigenvalue weighted by atomic mass is 16.5. The van der Waals surface area contributed by atoms with Gasteiger partial charge in [-0.2, -0.15) is 0 Å². The number of hydrogen-bond donors (Lipinski definition) is 2. The summed E-state index contributed by atoms with van der Waals surface area (Å²) in [5.74, 6) is -0.0248. The number of hydrogen-bond acceptors (Lipinski definition) is 10. The van der Waals surface area contributed by atoms with Crippen molar-refractivity contribution in [2.45, 2.75) is 107 Å². The molecule has 0 aliphatic carbocycles. The van der Waals surface area contributed by atoms with Gasteiger partial charge in [0, 0.05) is 59.3 Å². The number of rotatable bonds is 13. The lowest BCUT2D eigenvalue weighted by Gasteiger charge is -2.17. The molecule has 0 saturated carbocycles. The molecule has 1 aromatic heterocycles. The molecule has 5 aliphatic rings. The van der Waals surface area contributed by atoms with Crippen LogP contribution in [0.15, 0.2) is 76.4 Å². The van der Waals surface area contributed by atoms with Gasteiger partial charge in [0.15, 0.2) is 5.78 Å². The number of Topliss-reactive ketones (excluding diaryl/α,β-unsaturated/α-hetero) is 1. The first-order valence-corrected chi connectivity index (χ1v) is 19.2. The molecule has 6 heterocycles. The topological polar surface area (TPSA) is 135 Å². The fourth-order valence-electron chi connectivity index (χ4n) is 8.14. The standard InChI is InChI=1S/C42H53N5O5/c1-9-12-13-14-17-43-41-37-25(7)32-20-33-27(11-3)22(4)29(44-33)21-34-36(26(8)48)24(6)31(45-34)19-30-23(5)28(15-16-35(49)51-18-10-2)39(46-30)38(40(37)47-32)42(50)52-41/h19-23,27-28,43-44H,9-18H2,1-8H3/t22-,23+,27-,28+/m1/s1. The molecule has 276 valence electrons. The summed E-state index contributed by atoms with van der Waals surface area (Å²) in [5.41, 5.74) is 7.88. The zero-order valence-corrected chi connectivity index (χ0v) is 32.0. The second-order valence-corrected chi connectivity index (χ2v) is 14.7. The maximum absolute atomic E-state index is 14.2. The Labute approximate surface area is 306 Å². The molecule has 5 aliphatic heterocycles. The molecule has 10 nitrogen and oxygen atoms in total. The van der Waals surface area contributed by atoms with E-state index in [1.165, 1.54) is 0 Å². The molecule has 1 aromatic rings. The monoisotopic (exact) mass is 707 g/mol. The Bertz CT molecular complexity index is 2090. The number of esters is 1. The fourth-order valence-corrected chi connectivity index (χ4v) is 8.14. The molecule has 52 heavy (non-hydrogen) atoms. The van der Waals surface area contributed by atoms with E-state index in [1.807, 2.05) is 32.9 Å². The Morgan fingerprint density at radius 3 is 2.42 bits per heavy atom. The summed E-state index contributed by atoms with van der Waals surface area (Å²) in [7, 11) is 0. The molecule has 1 fully saturated rings. The number of unbranched alkanes of at least 4 members (excludes halogenated alkanes) is 3. The molecule has 0 unspecified atom stereocenters. The number of ketones is 1. The van der Waals surface area contributed by atoms with E-state index in [-0.39, 0.29) is 41.8 Å². The quantitative estimate of drug-likeness (QED) is 0.169. The summed E-state index contributed by atoms with van der Waals surface area (Å²) in [4.78, 5) is 55.5. The van der Waals surface area contributed by atoms with Crippen molar-refractivity contribution in [1.82, 2.24) is 5.32 Å². The lowest BCUT2D eigenvalue weighted by molar-refractivity contribution is -0.143. The zero-order valence-electron chi connectivity index (χ0n) is 32.0. The minimum Gasteiger partial charge on any atom is -0.466 e. The van der Waals surface area contributed by atoms with Crippen LogP contribution in [0.25, 0.3) is 11.3 Å². The number of anilines is 1. The highest BCUT2D eigenvalue weighted by Crippen LogP contribution is 2.40. The molecule has 0 aromatic carbocycles. The minimum absolute atomic E-state index is 0.0529. The third-order valence-electron chi connectivity index (χ3n) is 11.2. The van der Waals surface area contributed by atoms with E-state index in [4.69, 9.17) is 24.1 Å². The summed E-state index contributed by atoms with van der Waals surface area (Å²) in [5, 5.41) is 7.99. The Morgan fingerprint density at radius 2 is 1.71 bits per heavy atom. The Morgan fingerprint density at radius 1 is 0.923 bits per heavy atom. The third kappa shape index (κ3) is 6.96. The number of nitrogens with zero attached hydrogens (tertiary/aromatic N) is 3. The maximum Gasteiger partial charge on any atom is 0.348 e. The van der Waals surface area contributed by atoms with Gasteiger partial charge in [-0.1, -0.05) is 53.9 Å². The summed E-state index contributed by atoms with van der Waals surface area (Å²) in [6.07, 6.45) is 12.6. The van der Waals surface area contributed by atoms with Gasteiger partial charge in [0.2, 0.25) is 5.88 Å². The van der Waals surface area contributed by atoms with Crippen molar-refractivity contribution in [3.05, 3.63) is 78.7 Å². The van der Waals surface area contributed by atoms with Crippen molar-refractivity contribution in [3.8, 4) is 0 Å². The van der Waals surface area contributed by atoms with Gasteiger partial charge in [-0.25, -0.2) is 14.8 Å². The number of fused-ring (bicyclic) bond motifs is 5. The van der Waals surface area contributed by atoms with E-state index in [2.05, 4.69) is 44.4 Å². The second-order valence-electron chi connectivity index (χ2n) is 14.7. The molecule has 10 heteroatoms. The van der Waals surface area contributed by atoms with Gasteiger partial charge in [0.05, 0.1) is 40.3 Å². The predicted octanol–water partition coefficient (Wildman–Crippen LogP) is 6.84. The summed E-state index contributed by atoms with van der Waals surface area (Å²) in [6.45, 7) is 17.2. The Balaban J connectivity index is 1.62. The van der Waals surface area contributed by atoms with Crippen LogP contribution < -0.4 is 26.8 Å². The van der Waals surface area contributed by atoms with Crippen LogP contribution in [0.2, 0.25) is 0 Å². The number of carbonyl (C=O) groups excluding carboxylic acids is 2. The van der Waals surface area contributed by atoms with Gasteiger partial charge in [0.1, 0.15) is 5.22 Å². The van der Waals surface area contributed by atoms with Crippen molar-refractivity contribution in [3.63, 3.8) is 0 Å². The first-order valence-electron chi connectivity index (χ1n) is 19.2. The maximum atomic E-state index is 14.2. The van der Waals surface area contributed by atoms with E-state index < -0.39 is 5.63 Å². The van der Waals surface area contributed by atoms with Gasteiger partial charge in [-0.05, 0) is 75.8 Å². The van der Waals surface area contributed by atoms with Gasteiger partial charge in [-0.3, -0.25) is 14.6 Å². The minimum atomic E-state index is -0.514. The number of aliphatic imine (C=N–C) groups is 2. The number of allylic oxidation sites excluding steroid dienone is 8. The van der Waals surface area contributed by atoms with Crippen LogP contribution in [0.4, 0.5) is 5.88 Å². The van der Waals surface area contributed by atoms with Gasteiger partial charge < -0.3 is 19.8 Å². The summed E-state index contributed by atoms with van der Waals surface area (Å²) >= 11 is 0. The second kappa shape index (κ2) is 15.6. The first kappa shape index (κ1) is 37.2. The highest BCUT2D eigenvalue weighted by Gasteiger charge is 2.37. The van der Waals surface area contributed by atoms with Crippen LogP contribution >= 0.6 is 0 Å². The van der Waals surface area contributed by atoms with Crippen molar-refractivity contribution >= 4 is 40.3 Å². The van der Waals surface area contributed by atoms with Crippen LogP contribution in [-0.2, 0) is 14.3 Å². The molecule has 0 spiro atoms. The van der Waals surface area contributed by atoms with E-state index in [0.29, 0.717) is 58.7 Å². The molecule has 1 saturated heterocycles. The molecule has 0 amide bonds.